The lowest BCUT2D eigenvalue weighted by Crippen LogP contribution is -2.68. The van der Waals surface area contributed by atoms with E-state index in [4.69, 9.17) is 18.5 Å². The highest BCUT2D eigenvalue weighted by atomic mass is 31.3. The molecule has 119 heavy (non-hydrogen) atoms. The average molecular weight is 1710 g/mol. The Kier molecular flexibility index (Phi) is 54.5. The Morgan fingerprint density at radius 1 is 0.445 bits per heavy atom. The van der Waals surface area contributed by atoms with Crippen molar-refractivity contribution in [2.24, 2.45) is 0 Å². The van der Waals surface area contributed by atoms with Crippen LogP contribution in [0.15, 0.2) is 128 Å². The second-order valence-electron chi connectivity index (χ2n) is 31.7. The number of aliphatic hydroxyl groups excluding tert-OH is 2. The van der Waals surface area contributed by atoms with E-state index in [-0.39, 0.29) is 19.3 Å². The minimum absolute atomic E-state index is 0.0336. The summed E-state index contributed by atoms with van der Waals surface area (Å²) >= 11 is 0. The third-order valence-electron chi connectivity index (χ3n) is 19.9. The lowest BCUT2D eigenvalue weighted by atomic mass is 9.96. The summed E-state index contributed by atoms with van der Waals surface area (Å²) in [5.74, 6) is -11.1. The number of nitrogens with one attached hydrogen (secondary N) is 6. The molecule has 11 N–H and O–H groups in total. The first-order valence-corrected chi connectivity index (χ1v) is 44.4. The zero-order chi connectivity index (χ0) is 90.1. The first kappa shape index (κ1) is 109. The van der Waals surface area contributed by atoms with E-state index in [2.05, 4.69) is 172 Å². The summed E-state index contributed by atoms with van der Waals surface area (Å²) in [6, 6.07) is -10.9. The van der Waals surface area contributed by atoms with E-state index in [0.29, 0.717) is 18.4 Å². The molecule has 0 aromatic carbocycles. The third-order valence-corrected chi connectivity index (χ3v) is 22.5. The number of amides is 6. The molecule has 1 fully saturated rings. The van der Waals surface area contributed by atoms with Crippen LogP contribution in [0.4, 0.5) is 0 Å². The predicted molar refractivity (Wildman–Crippen MR) is 448 cm³/mol. The number of allylic oxidation sites excluding steroid dienone is 21. The summed E-state index contributed by atoms with van der Waals surface area (Å²) in [5, 5.41) is 69.2. The van der Waals surface area contributed by atoms with Crippen LogP contribution in [0.25, 0.3) is 0 Å². The van der Waals surface area contributed by atoms with E-state index < -0.39 is 168 Å². The first-order valence-electron chi connectivity index (χ1n) is 41.4. The minimum Gasteiger partial charge on any atom is -0.756 e. The molecule has 0 aromatic rings. The zero-order valence-electron chi connectivity index (χ0n) is 73.4. The number of rotatable bonds is 60. The van der Waals surface area contributed by atoms with Crippen LogP contribution in [0.5, 0.6) is 0 Å². The van der Waals surface area contributed by atoms with E-state index >= 15 is 0 Å². The maximum atomic E-state index is 13.5. The van der Waals surface area contributed by atoms with Crippen molar-refractivity contribution in [1.29, 1.82) is 0 Å². The summed E-state index contributed by atoms with van der Waals surface area (Å²) in [5.41, 5.74) is 18.2. The SMILES string of the molecule is CC(=O)N[C@H]1[C@@H](OP(=O)([O-])OP(=O)([O-])OC/C=C(/C)CC/C=C(/C)CC/C=C(/C)CC/C=C(/C)CC/C=C(/C)CC/C=C(/C)CC/C=C(/C)CC/C=C(/C)CC/C=C(\C)CC/C=C(\C)CCC=C(C)C)O[C@H](CO)[C@@H](O)[C@@H]1O[C@H](C)C(=O)N[C@@H](C)C(=O)N[C@H](CCC(=O)N[C@@H](CCC[C@@H]([NH3+])C(=O)[O-])C(=O)N[C@H](C)C(=O)N[C@H](C)C(=O)[O-])C(=O)[O-]. The number of carbonyl (C=O) groups is 9. The number of hydrogen-bond donors (Lipinski definition) is 9. The molecule has 0 aromatic heterocycles. The van der Waals surface area contributed by atoms with Crippen molar-refractivity contribution in [3.8, 4) is 0 Å². The van der Waals surface area contributed by atoms with Crippen LogP contribution in [0.2, 0.25) is 0 Å². The molecule has 30 nitrogen and oxygen atoms in total. The third kappa shape index (κ3) is 51.1. The molecule has 1 saturated heterocycles. The van der Waals surface area contributed by atoms with Gasteiger partial charge in [0.2, 0.25) is 35.4 Å². The van der Waals surface area contributed by atoms with Crippen molar-refractivity contribution in [3.63, 3.8) is 0 Å². The number of carbonyl (C=O) groups excluding carboxylic acids is 9. The normalized spacial score (nSPS) is 19.8. The van der Waals surface area contributed by atoms with Gasteiger partial charge in [-0.1, -0.05) is 128 Å². The summed E-state index contributed by atoms with van der Waals surface area (Å²) < 4.78 is 51.4. The summed E-state index contributed by atoms with van der Waals surface area (Å²) in [6.45, 7) is 29.7. The number of hydrogen-bond acceptors (Lipinski definition) is 23. The van der Waals surface area contributed by atoms with Gasteiger partial charge in [-0.3, -0.25) is 42.4 Å². The molecule has 1 aliphatic heterocycles. The van der Waals surface area contributed by atoms with Gasteiger partial charge < -0.3 is 101 Å². The first-order chi connectivity index (χ1) is 55.7. The van der Waals surface area contributed by atoms with Crippen molar-refractivity contribution in [1.82, 2.24) is 31.9 Å². The van der Waals surface area contributed by atoms with Crippen molar-refractivity contribution in [3.05, 3.63) is 128 Å². The number of quaternary nitrogens is 1. The number of phosphoric acid groups is 2. The van der Waals surface area contributed by atoms with Gasteiger partial charge in [0.15, 0.2) is 6.29 Å². The molecular formula is C87H139N7O23P2-4. The molecular weight excluding hydrogens is 1570 g/mol. The standard InChI is InChI=1S/C87H143N7O23P2/c1-56(2)29-18-30-57(3)31-19-32-58(4)33-20-34-59(5)35-21-36-60(6)37-22-38-61(7)39-23-40-62(8)41-24-42-63(9)43-25-44-64(10)45-26-46-65(11)47-27-48-66(12)53-54-113-118(109,110)117-119(111,112)116-87-77(92-71(17)96)79(78(98)75(55-95)115-87)114-70(16)82(101)89-68(14)81(100)94-74(86(107)108)51-52-76(97)93-73(50-28-49-72(88)85(105)106)83(102)90-67(13)80(99)91-69(15)84(103)104/h29,31,33,35,37,39,41,43,45,47,53,67-70,72-75,77-79,87,95,98H,18-28,30,32,34,36,38,40,42,44,46,48-52,54-55,88H2,1-17H3,(H,89,101)(H,90,102)(H,91,99)(H,92,96)(H,93,97)(H,94,100)(H,103,104)(H,105,106)(H,107,108)(H,109,110)(H,111,112)/p-4/b57-31+,58-33+,59-35-,60-37-,61-39-,62-41-,63-43-,64-45-,65-47-,66-53-/t67-,68+,69-,70-,72-,73+,74-,75-,77-,78-,79-,87-/m1/s1. The van der Waals surface area contributed by atoms with Crippen molar-refractivity contribution in [2.45, 2.75) is 351 Å². The molecule has 0 radical (unpaired) electrons. The van der Waals surface area contributed by atoms with Gasteiger partial charge in [0, 0.05) is 19.8 Å². The van der Waals surface area contributed by atoms with Gasteiger partial charge >= 0.3 is 0 Å². The molecule has 14 atom stereocenters. The quantitative estimate of drug-likeness (QED) is 0.0207. The molecule has 0 aliphatic carbocycles. The number of aliphatic carboxylic acids is 3. The van der Waals surface area contributed by atoms with E-state index in [1.807, 2.05) is 6.92 Å². The highest BCUT2D eigenvalue weighted by molar-refractivity contribution is 7.59. The molecule has 6 amide bonds. The van der Waals surface area contributed by atoms with Crippen molar-refractivity contribution in [2.75, 3.05) is 13.2 Å². The van der Waals surface area contributed by atoms with Crippen molar-refractivity contribution >= 4 is 69.0 Å². The Morgan fingerprint density at radius 3 is 1.18 bits per heavy atom. The molecule has 1 heterocycles. The van der Waals surface area contributed by atoms with E-state index in [1.54, 1.807) is 6.92 Å². The van der Waals surface area contributed by atoms with Crippen LogP contribution >= 0.6 is 15.6 Å². The second kappa shape index (κ2) is 59.2. The Bertz CT molecular complexity index is 3740. The van der Waals surface area contributed by atoms with Gasteiger partial charge in [0.05, 0.1) is 43.2 Å². The number of ether oxygens (including phenoxy) is 2. The molecule has 32 heteroatoms. The molecule has 0 saturated carbocycles. The summed E-state index contributed by atoms with van der Waals surface area (Å²) in [7, 11) is -11.8. The van der Waals surface area contributed by atoms with Crippen molar-refractivity contribution < 1.29 is 116 Å². The largest absolute Gasteiger partial charge is 0.756 e. The van der Waals surface area contributed by atoms with Crippen LogP contribution < -0.4 is 62.7 Å². The van der Waals surface area contributed by atoms with Gasteiger partial charge in [-0.05, 0) is 258 Å². The summed E-state index contributed by atoms with van der Waals surface area (Å²) in [6.07, 6.45) is 33.5. The van der Waals surface area contributed by atoms with E-state index in [9.17, 15) is 87.6 Å². The number of phosphoric ester groups is 2. The smallest absolute Gasteiger partial charge is 0.276 e. The maximum absolute atomic E-state index is 13.5. The van der Waals surface area contributed by atoms with Crippen LogP contribution in [0.1, 0.15) is 278 Å². The Morgan fingerprint density at radius 2 is 0.815 bits per heavy atom. The topological polar surface area (TPSA) is 489 Å². The van der Waals surface area contributed by atoms with E-state index in [0.717, 1.165) is 143 Å². The maximum Gasteiger partial charge on any atom is 0.276 e. The highest BCUT2D eigenvalue weighted by Crippen LogP contribution is 2.57. The van der Waals surface area contributed by atoms with Crippen LogP contribution in [0, 0.1) is 0 Å². The molecule has 0 bridgehead atoms. The number of carboxylic acid groups (broad SMARTS) is 3. The molecule has 2 unspecified atom stereocenters. The fourth-order valence-electron chi connectivity index (χ4n) is 12.3. The summed E-state index contributed by atoms with van der Waals surface area (Å²) in [4.78, 5) is 139. The van der Waals surface area contributed by atoms with E-state index in [1.165, 1.54) is 68.7 Å². The van der Waals surface area contributed by atoms with Crippen LogP contribution in [-0.2, 0) is 75.1 Å². The fourth-order valence-corrected chi connectivity index (χ4v) is 14.3. The molecule has 674 valence electrons. The van der Waals surface area contributed by atoms with Gasteiger partial charge in [0.1, 0.15) is 54.6 Å². The highest BCUT2D eigenvalue weighted by Gasteiger charge is 2.50. The number of carboxylic acids is 3. The van der Waals surface area contributed by atoms with Crippen LogP contribution in [0.3, 0.4) is 0 Å². The molecule has 1 aliphatic rings. The molecule has 1 rings (SSSR count). The second-order valence-corrected chi connectivity index (χ2v) is 34.6. The van der Waals surface area contributed by atoms with Gasteiger partial charge in [-0.15, -0.1) is 0 Å². The number of aliphatic hydroxyl groups is 2. The Hall–Kier alpha value is -7.57. The Balaban J connectivity index is 2.73. The lowest BCUT2D eigenvalue weighted by molar-refractivity contribution is -0.438. The minimum atomic E-state index is -6.08. The van der Waals surface area contributed by atoms with Crippen LogP contribution in [-0.4, -0.2) is 150 Å². The Labute approximate surface area is 706 Å². The molecule has 0 spiro atoms. The zero-order valence-corrected chi connectivity index (χ0v) is 75.2. The van der Waals surface area contributed by atoms with Gasteiger partial charge in [-0.25, -0.2) is 4.31 Å². The van der Waals surface area contributed by atoms with Gasteiger partial charge in [0.25, 0.3) is 15.6 Å². The predicted octanol–water partition coefficient (Wildman–Crippen LogP) is 7.86. The monoisotopic (exact) mass is 1710 g/mol. The fraction of sp³-hybridized carbons (Fsp3) is 0.644. The lowest BCUT2D eigenvalue weighted by Gasteiger charge is -2.46. The van der Waals surface area contributed by atoms with Gasteiger partial charge in [-0.2, -0.15) is 0 Å². The average Bonchev–Trinajstić information content (AvgIpc) is 0.782.